The summed E-state index contributed by atoms with van der Waals surface area (Å²) in [5.74, 6) is -3.77. The van der Waals surface area contributed by atoms with Crippen molar-refractivity contribution in [1.29, 1.82) is 0 Å². The van der Waals surface area contributed by atoms with Crippen LogP contribution < -0.4 is 10.7 Å². The minimum absolute atomic E-state index is 0.0418. The van der Waals surface area contributed by atoms with Crippen LogP contribution >= 0.6 is 0 Å². The van der Waals surface area contributed by atoms with Crippen LogP contribution in [0.15, 0.2) is 53.3 Å². The molecule has 1 amide bonds. The second-order valence-electron chi connectivity index (χ2n) is 5.98. The second kappa shape index (κ2) is 7.46. The molecule has 0 spiro atoms. The predicted octanol–water partition coefficient (Wildman–Crippen LogP) is 4.09. The van der Waals surface area contributed by atoms with Crippen LogP contribution in [0.25, 0.3) is 5.69 Å². The molecule has 0 fully saturated rings. The Morgan fingerprint density at radius 1 is 1.07 bits per heavy atom. The average molecular weight is 409 g/mol. The number of nitrogens with zero attached hydrogens (tertiary/aromatic N) is 2. The van der Waals surface area contributed by atoms with Gasteiger partial charge in [0.1, 0.15) is 0 Å². The molecule has 0 radical (unpaired) electrons. The molecule has 0 bridgehead atoms. The van der Waals surface area contributed by atoms with Crippen molar-refractivity contribution < 1.29 is 26.7 Å². The number of carbonyl (C=O) groups is 1. The van der Waals surface area contributed by atoms with E-state index in [1.165, 1.54) is 19.1 Å². The fourth-order valence-electron chi connectivity index (χ4n) is 2.63. The first-order chi connectivity index (χ1) is 13.6. The number of rotatable bonds is 3. The Hall–Kier alpha value is -3.56. The molecule has 1 N–H and O–H groups in total. The average Bonchev–Trinajstić information content (AvgIpc) is 2.65. The van der Waals surface area contributed by atoms with Gasteiger partial charge >= 0.3 is 6.18 Å². The molecule has 0 unspecified atom stereocenters. The maximum absolute atomic E-state index is 13.8. The van der Waals surface area contributed by atoms with Crippen molar-refractivity contribution in [3.63, 3.8) is 0 Å². The summed E-state index contributed by atoms with van der Waals surface area (Å²) >= 11 is 0. The molecule has 0 aliphatic rings. The van der Waals surface area contributed by atoms with Crippen LogP contribution in [0.2, 0.25) is 0 Å². The van der Waals surface area contributed by atoms with E-state index in [0.29, 0.717) is 0 Å². The lowest BCUT2D eigenvalue weighted by molar-refractivity contribution is -0.137. The molecule has 150 valence electrons. The molecule has 5 nitrogen and oxygen atoms in total. The number of benzene rings is 2. The zero-order valence-corrected chi connectivity index (χ0v) is 14.7. The smallest absolute Gasteiger partial charge is 0.318 e. The zero-order valence-electron chi connectivity index (χ0n) is 14.7. The number of alkyl halides is 3. The molecule has 29 heavy (non-hydrogen) atoms. The van der Waals surface area contributed by atoms with Crippen molar-refractivity contribution in [3.8, 4) is 5.69 Å². The lowest BCUT2D eigenvalue weighted by Gasteiger charge is -2.16. The van der Waals surface area contributed by atoms with Gasteiger partial charge in [0.2, 0.25) is 5.43 Å². The topological polar surface area (TPSA) is 64.0 Å². The van der Waals surface area contributed by atoms with Crippen LogP contribution in [0.5, 0.6) is 0 Å². The van der Waals surface area contributed by atoms with E-state index in [9.17, 15) is 31.5 Å². The Labute approximate surface area is 160 Å². The lowest BCUT2D eigenvalue weighted by atomic mass is 10.1. The van der Waals surface area contributed by atoms with Gasteiger partial charge in [-0.1, -0.05) is 18.2 Å². The van der Waals surface area contributed by atoms with Crippen molar-refractivity contribution in [2.45, 2.75) is 13.1 Å². The molecular formula is C19H12F5N3O2. The Morgan fingerprint density at radius 3 is 2.45 bits per heavy atom. The first-order valence-corrected chi connectivity index (χ1v) is 8.12. The number of amides is 1. The van der Waals surface area contributed by atoms with Gasteiger partial charge in [0.15, 0.2) is 17.3 Å². The van der Waals surface area contributed by atoms with Crippen LogP contribution in [0.3, 0.4) is 0 Å². The van der Waals surface area contributed by atoms with Gasteiger partial charge < -0.3 is 5.32 Å². The van der Waals surface area contributed by atoms with E-state index in [0.717, 1.165) is 41.1 Å². The molecule has 0 aliphatic heterocycles. The van der Waals surface area contributed by atoms with Crippen molar-refractivity contribution in [2.24, 2.45) is 0 Å². The molecule has 0 saturated carbocycles. The van der Waals surface area contributed by atoms with Crippen molar-refractivity contribution in [2.75, 3.05) is 5.32 Å². The van der Waals surface area contributed by atoms with E-state index in [2.05, 4.69) is 5.10 Å². The van der Waals surface area contributed by atoms with Gasteiger partial charge in [-0.15, -0.1) is 0 Å². The maximum Gasteiger partial charge on any atom is 0.418 e. The maximum atomic E-state index is 13.8. The van der Waals surface area contributed by atoms with Crippen molar-refractivity contribution in [1.82, 2.24) is 9.78 Å². The minimum Gasteiger partial charge on any atom is -0.318 e. The summed E-state index contributed by atoms with van der Waals surface area (Å²) < 4.78 is 67.8. The molecule has 1 aromatic heterocycles. The molecule has 2 aromatic carbocycles. The molecule has 0 aliphatic carbocycles. The third-order valence-electron chi connectivity index (χ3n) is 3.96. The number of nitrogens with one attached hydrogen (secondary N) is 1. The van der Waals surface area contributed by atoms with E-state index < -0.39 is 51.8 Å². The van der Waals surface area contributed by atoms with Gasteiger partial charge in [-0.25, -0.2) is 13.5 Å². The van der Waals surface area contributed by atoms with Gasteiger partial charge in [0.25, 0.3) is 5.91 Å². The highest BCUT2D eigenvalue weighted by atomic mass is 19.4. The summed E-state index contributed by atoms with van der Waals surface area (Å²) in [5, 5.41) is 5.74. The molecular weight excluding hydrogens is 397 g/mol. The highest BCUT2D eigenvalue weighted by molar-refractivity contribution is 6.02. The summed E-state index contributed by atoms with van der Waals surface area (Å²) in [5.41, 5.74) is -3.60. The molecule has 10 heteroatoms. The number of aryl methyl sites for hydroxylation is 1. The highest BCUT2D eigenvalue weighted by Gasteiger charge is 2.34. The number of halogens is 5. The molecule has 0 saturated heterocycles. The third kappa shape index (κ3) is 4.00. The third-order valence-corrected chi connectivity index (χ3v) is 3.96. The van der Waals surface area contributed by atoms with Crippen molar-refractivity contribution >= 4 is 11.6 Å². The van der Waals surface area contributed by atoms with Crippen LogP contribution in [0.1, 0.15) is 21.7 Å². The first-order valence-electron chi connectivity index (χ1n) is 8.12. The van der Waals surface area contributed by atoms with Gasteiger partial charge in [-0.3, -0.25) is 9.59 Å². The Bertz CT molecular complexity index is 1160. The fourth-order valence-corrected chi connectivity index (χ4v) is 2.63. The van der Waals surface area contributed by atoms with E-state index in [1.807, 2.05) is 5.32 Å². The molecule has 3 aromatic rings. The summed E-state index contributed by atoms with van der Waals surface area (Å²) in [6.07, 6.45) is -4.71. The Balaban J connectivity index is 2.09. The largest absolute Gasteiger partial charge is 0.418 e. The van der Waals surface area contributed by atoms with E-state index >= 15 is 0 Å². The monoisotopic (exact) mass is 409 g/mol. The summed E-state index contributed by atoms with van der Waals surface area (Å²) in [6, 6.07) is 8.43. The van der Waals surface area contributed by atoms with E-state index in [1.54, 1.807) is 0 Å². The lowest BCUT2D eigenvalue weighted by Crippen LogP contribution is -2.28. The second-order valence-corrected chi connectivity index (χ2v) is 5.98. The zero-order chi connectivity index (χ0) is 21.3. The quantitative estimate of drug-likeness (QED) is 0.663. The molecule has 1 heterocycles. The van der Waals surface area contributed by atoms with E-state index in [4.69, 9.17) is 0 Å². The van der Waals surface area contributed by atoms with E-state index in [-0.39, 0.29) is 5.69 Å². The predicted molar refractivity (Wildman–Crippen MR) is 93.9 cm³/mol. The summed E-state index contributed by atoms with van der Waals surface area (Å²) in [7, 11) is 0. The van der Waals surface area contributed by atoms with Crippen LogP contribution in [-0.2, 0) is 6.18 Å². The van der Waals surface area contributed by atoms with Crippen molar-refractivity contribution in [3.05, 3.63) is 87.3 Å². The number of anilines is 1. The fraction of sp³-hybridized carbons (Fsp3) is 0.105. The van der Waals surface area contributed by atoms with Gasteiger partial charge in [-0.05, 0) is 31.2 Å². The summed E-state index contributed by atoms with van der Waals surface area (Å²) in [6.45, 7) is 1.34. The molecule has 3 rings (SSSR count). The minimum atomic E-state index is -4.71. The Morgan fingerprint density at radius 2 is 1.76 bits per heavy atom. The number of aromatic nitrogens is 2. The van der Waals surface area contributed by atoms with Gasteiger partial charge in [0.05, 0.1) is 16.9 Å². The number of para-hydroxylation sites is 1. The van der Waals surface area contributed by atoms with Crippen LogP contribution in [-0.4, -0.2) is 15.7 Å². The number of carbonyl (C=O) groups excluding carboxylic acids is 1. The number of hydrogen-bond donors (Lipinski definition) is 1. The number of hydrogen-bond acceptors (Lipinski definition) is 3. The summed E-state index contributed by atoms with van der Waals surface area (Å²) in [4.78, 5) is 24.5. The van der Waals surface area contributed by atoms with Crippen LogP contribution in [0.4, 0.5) is 27.6 Å². The van der Waals surface area contributed by atoms with Gasteiger partial charge in [-0.2, -0.15) is 18.3 Å². The highest BCUT2D eigenvalue weighted by Crippen LogP contribution is 2.33. The van der Waals surface area contributed by atoms with Crippen LogP contribution in [0, 0.1) is 18.6 Å². The Kier molecular flexibility index (Phi) is 5.19. The standard InChI is InChI=1S/C19H12F5N3O2/c1-10-9-15(28)17(18(29)25-13-7-4-6-12(20)16(13)21)26-27(10)14-8-3-2-5-11(14)19(22,23)24/h2-9H,1H3,(H,25,29). The first kappa shape index (κ1) is 20.2. The SMILES string of the molecule is Cc1cc(=O)c(C(=O)Nc2cccc(F)c2F)nn1-c1ccccc1C(F)(F)F. The normalized spacial score (nSPS) is 11.4. The van der Waals surface area contributed by atoms with Gasteiger partial charge in [0, 0.05) is 11.8 Å². The molecule has 0 atom stereocenters.